The van der Waals surface area contributed by atoms with E-state index in [0.717, 1.165) is 28.9 Å². The number of quaternary nitrogens is 1. The van der Waals surface area contributed by atoms with Crippen molar-refractivity contribution in [1.82, 2.24) is 0 Å². The Balaban J connectivity index is 1.87. The number of Topliss-reactive ketones (excluding diaryl/α,β-unsaturated/α-hetero) is 1. The molecule has 2 rings (SSSR count). The summed E-state index contributed by atoms with van der Waals surface area (Å²) in [6, 6.07) is 15.4. The number of benzene rings is 2. The Morgan fingerprint density at radius 1 is 1.11 bits per heavy atom. The molecule has 0 aromatic heterocycles. The Morgan fingerprint density at radius 2 is 1.70 bits per heavy atom. The largest absolute Gasteiger partial charge is 0.488 e. The molecule has 0 saturated heterocycles. The molecular formula is C23H30NO3+. The highest BCUT2D eigenvalue weighted by Gasteiger charge is 2.25. The zero-order valence-corrected chi connectivity index (χ0v) is 16.7. The van der Waals surface area contributed by atoms with Crippen LogP contribution in [-0.2, 0) is 6.54 Å². The number of rotatable bonds is 9. The summed E-state index contributed by atoms with van der Waals surface area (Å²) in [5.41, 5.74) is 1.52. The number of ether oxygens (including phenoxy) is 1. The molecule has 2 aromatic carbocycles. The topological polar surface area (TPSA) is 46.5 Å². The van der Waals surface area contributed by atoms with Crippen LogP contribution in [0.3, 0.4) is 0 Å². The van der Waals surface area contributed by atoms with Gasteiger partial charge in [0.05, 0.1) is 14.1 Å². The van der Waals surface area contributed by atoms with E-state index in [-0.39, 0.29) is 5.78 Å². The number of carbonyl (C=O) groups excluding carboxylic acids is 1. The summed E-state index contributed by atoms with van der Waals surface area (Å²) in [5, 5.41) is 9.80. The molecule has 0 aliphatic heterocycles. The van der Waals surface area contributed by atoms with Crippen LogP contribution in [0.1, 0.15) is 35.3 Å². The fourth-order valence-electron chi connectivity index (χ4n) is 2.80. The summed E-state index contributed by atoms with van der Waals surface area (Å²) < 4.78 is 6.64. The molecule has 0 saturated carbocycles. The van der Waals surface area contributed by atoms with Crippen LogP contribution in [0.5, 0.6) is 5.75 Å². The summed E-state index contributed by atoms with van der Waals surface area (Å²) in [4.78, 5) is 12.0. The third-order valence-corrected chi connectivity index (χ3v) is 4.46. The molecule has 0 heterocycles. The number of nitrogens with zero attached hydrogens (tertiary/aromatic N) is 1. The van der Waals surface area contributed by atoms with Gasteiger partial charge in [-0.1, -0.05) is 36.9 Å². The molecule has 4 nitrogen and oxygen atoms in total. The third kappa shape index (κ3) is 6.35. The van der Waals surface area contributed by atoms with Gasteiger partial charge in [-0.05, 0) is 43.7 Å². The van der Waals surface area contributed by atoms with E-state index in [1.807, 2.05) is 6.08 Å². The maximum absolute atomic E-state index is 12.0. The van der Waals surface area contributed by atoms with E-state index in [0.29, 0.717) is 12.2 Å². The molecule has 0 aliphatic carbocycles. The standard InChI is InChI=1S/C23H30NO3/c1-6-18-7-9-19(10-8-18)17-24(4,5)15-16-27-21-13-11-20(12-14-21)22(25)23(2,3)26/h6-14,26H,1,15-17H2,2-5H3/q+1. The second-order valence-electron chi connectivity index (χ2n) is 8.02. The first-order chi connectivity index (χ1) is 12.6. The van der Waals surface area contributed by atoms with Crippen molar-refractivity contribution in [3.63, 3.8) is 0 Å². The fraction of sp³-hybridized carbons (Fsp3) is 0.348. The van der Waals surface area contributed by atoms with Gasteiger partial charge in [0.25, 0.3) is 0 Å². The molecular weight excluding hydrogens is 338 g/mol. The number of likely N-dealkylation sites (N-methyl/N-ethyl adjacent to an activating group) is 1. The predicted molar refractivity (Wildman–Crippen MR) is 110 cm³/mol. The highest BCUT2D eigenvalue weighted by atomic mass is 16.5. The lowest BCUT2D eigenvalue weighted by Gasteiger charge is -2.29. The molecule has 4 heteroatoms. The van der Waals surface area contributed by atoms with E-state index in [2.05, 4.69) is 44.9 Å². The molecule has 1 N–H and O–H groups in total. The summed E-state index contributed by atoms with van der Waals surface area (Å²) in [6.07, 6.45) is 1.85. The van der Waals surface area contributed by atoms with Crippen molar-refractivity contribution < 1.29 is 19.1 Å². The van der Waals surface area contributed by atoms with Crippen molar-refractivity contribution in [2.75, 3.05) is 27.2 Å². The van der Waals surface area contributed by atoms with Gasteiger partial charge in [0.15, 0.2) is 5.78 Å². The summed E-state index contributed by atoms with van der Waals surface area (Å²) in [5.74, 6) is 0.423. The van der Waals surface area contributed by atoms with E-state index in [4.69, 9.17) is 4.74 Å². The molecule has 0 spiro atoms. The SMILES string of the molecule is C=Cc1ccc(C[N+](C)(C)CCOc2ccc(C(=O)C(C)(C)O)cc2)cc1. The second kappa shape index (κ2) is 8.51. The van der Waals surface area contributed by atoms with Crippen molar-refractivity contribution >= 4 is 11.9 Å². The Labute approximate surface area is 162 Å². The van der Waals surface area contributed by atoms with Crippen molar-refractivity contribution in [3.8, 4) is 5.75 Å². The lowest BCUT2D eigenvalue weighted by atomic mass is 9.97. The molecule has 144 valence electrons. The van der Waals surface area contributed by atoms with Gasteiger partial charge in [0.2, 0.25) is 0 Å². The van der Waals surface area contributed by atoms with Gasteiger partial charge in [-0.15, -0.1) is 0 Å². The first-order valence-corrected chi connectivity index (χ1v) is 9.14. The minimum absolute atomic E-state index is 0.297. The maximum atomic E-state index is 12.0. The normalized spacial score (nSPS) is 11.9. The van der Waals surface area contributed by atoms with Gasteiger partial charge in [-0.2, -0.15) is 0 Å². The highest BCUT2D eigenvalue weighted by Crippen LogP contribution is 2.18. The second-order valence-corrected chi connectivity index (χ2v) is 8.02. The Bertz CT molecular complexity index is 769. The van der Waals surface area contributed by atoms with Crippen LogP contribution in [0.25, 0.3) is 6.08 Å². The lowest BCUT2D eigenvalue weighted by Crippen LogP contribution is -2.42. The molecule has 2 aromatic rings. The highest BCUT2D eigenvalue weighted by molar-refractivity contribution is 6.01. The number of carbonyl (C=O) groups is 1. The van der Waals surface area contributed by atoms with E-state index >= 15 is 0 Å². The average Bonchev–Trinajstić information content (AvgIpc) is 2.61. The molecule has 0 radical (unpaired) electrons. The van der Waals surface area contributed by atoms with E-state index in [1.54, 1.807) is 24.3 Å². The van der Waals surface area contributed by atoms with Crippen LogP contribution in [0.2, 0.25) is 0 Å². The molecule has 0 bridgehead atoms. The molecule has 0 atom stereocenters. The smallest absolute Gasteiger partial charge is 0.193 e. The third-order valence-electron chi connectivity index (χ3n) is 4.46. The minimum atomic E-state index is -1.37. The summed E-state index contributed by atoms with van der Waals surface area (Å²) in [7, 11) is 4.35. The quantitative estimate of drug-likeness (QED) is 0.539. The number of hydrogen-bond acceptors (Lipinski definition) is 3. The molecule has 27 heavy (non-hydrogen) atoms. The lowest BCUT2D eigenvalue weighted by molar-refractivity contribution is -0.903. The Hall–Kier alpha value is -2.43. The number of hydrogen-bond donors (Lipinski definition) is 1. The average molecular weight is 368 g/mol. The summed E-state index contributed by atoms with van der Waals surface area (Å²) >= 11 is 0. The van der Waals surface area contributed by atoms with Crippen molar-refractivity contribution in [2.45, 2.75) is 26.0 Å². The van der Waals surface area contributed by atoms with Crippen LogP contribution in [0.15, 0.2) is 55.1 Å². The van der Waals surface area contributed by atoms with Crippen molar-refractivity contribution in [2.24, 2.45) is 0 Å². The van der Waals surface area contributed by atoms with E-state index in [1.165, 1.54) is 19.4 Å². The maximum Gasteiger partial charge on any atom is 0.193 e. The number of ketones is 1. The predicted octanol–water partition coefficient (Wildman–Crippen LogP) is 3.94. The van der Waals surface area contributed by atoms with Gasteiger partial charge in [-0.25, -0.2) is 0 Å². The molecule has 0 unspecified atom stereocenters. The van der Waals surface area contributed by atoms with Gasteiger partial charge >= 0.3 is 0 Å². The Kier molecular flexibility index (Phi) is 6.58. The Morgan fingerprint density at radius 3 is 2.22 bits per heavy atom. The summed E-state index contributed by atoms with van der Waals surface area (Å²) in [6.45, 7) is 9.11. The number of aliphatic hydroxyl groups is 1. The van der Waals surface area contributed by atoms with Gasteiger partial charge in [0, 0.05) is 11.1 Å². The van der Waals surface area contributed by atoms with E-state index in [9.17, 15) is 9.90 Å². The van der Waals surface area contributed by atoms with Crippen molar-refractivity contribution in [1.29, 1.82) is 0 Å². The van der Waals surface area contributed by atoms with Crippen LogP contribution in [-0.4, -0.2) is 48.2 Å². The van der Waals surface area contributed by atoms with E-state index < -0.39 is 5.60 Å². The minimum Gasteiger partial charge on any atom is -0.488 e. The molecule has 0 amide bonds. The van der Waals surface area contributed by atoms with Crippen LogP contribution in [0, 0.1) is 0 Å². The van der Waals surface area contributed by atoms with Crippen LogP contribution < -0.4 is 4.74 Å². The first-order valence-electron chi connectivity index (χ1n) is 9.14. The zero-order valence-electron chi connectivity index (χ0n) is 16.7. The van der Waals surface area contributed by atoms with Gasteiger partial charge < -0.3 is 14.3 Å². The van der Waals surface area contributed by atoms with Gasteiger partial charge in [0.1, 0.15) is 31.0 Å². The molecule has 0 fully saturated rings. The monoisotopic (exact) mass is 368 g/mol. The van der Waals surface area contributed by atoms with Crippen LogP contribution in [0.4, 0.5) is 0 Å². The zero-order chi connectivity index (χ0) is 20.1. The molecule has 0 aliphatic rings. The van der Waals surface area contributed by atoms with Crippen molar-refractivity contribution in [3.05, 3.63) is 71.8 Å². The van der Waals surface area contributed by atoms with Crippen LogP contribution >= 0.6 is 0 Å². The first kappa shape index (κ1) is 20.9. The fourth-order valence-corrected chi connectivity index (χ4v) is 2.80. The van der Waals surface area contributed by atoms with Gasteiger partial charge in [-0.3, -0.25) is 4.79 Å².